The van der Waals surface area contributed by atoms with Gasteiger partial charge in [-0.3, -0.25) is 19.9 Å². The van der Waals surface area contributed by atoms with Crippen molar-refractivity contribution in [3.8, 4) is 38.8 Å². The molecule has 0 spiro atoms. The molecule has 0 aliphatic heterocycles. The number of ketones is 1. The van der Waals surface area contributed by atoms with Crippen molar-refractivity contribution in [2.45, 2.75) is 6.92 Å². The number of pyridine rings is 3. The SMILES string of the molecule is CC(=O)c1ccc(-c2nccc3[nH]c(-c4n[nH]c5ncc(-c6cncc(O)c6)cc45)cc23)s1. The maximum atomic E-state index is 11.7. The zero-order chi connectivity index (χ0) is 22.5. The summed E-state index contributed by atoms with van der Waals surface area (Å²) < 4.78 is 0. The molecule has 0 aromatic carbocycles. The van der Waals surface area contributed by atoms with Crippen LogP contribution < -0.4 is 0 Å². The molecular weight excluding hydrogens is 436 g/mol. The fourth-order valence-electron chi connectivity index (χ4n) is 3.88. The molecule has 0 saturated heterocycles. The molecule has 0 amide bonds. The normalized spacial score (nSPS) is 11.4. The predicted molar refractivity (Wildman–Crippen MR) is 127 cm³/mol. The molecule has 0 radical (unpaired) electrons. The minimum absolute atomic E-state index is 0.0430. The van der Waals surface area contributed by atoms with Crippen LogP contribution in [0.5, 0.6) is 5.75 Å². The van der Waals surface area contributed by atoms with Crippen LogP contribution >= 0.6 is 11.3 Å². The van der Waals surface area contributed by atoms with Gasteiger partial charge in [0.1, 0.15) is 11.4 Å². The molecule has 6 aromatic rings. The lowest BCUT2D eigenvalue weighted by atomic mass is 10.1. The number of H-pyrrole nitrogens is 2. The second-order valence-electron chi connectivity index (χ2n) is 7.65. The molecule has 0 saturated carbocycles. The Morgan fingerprint density at radius 2 is 1.85 bits per heavy atom. The van der Waals surface area contributed by atoms with Crippen LogP contribution in [0.4, 0.5) is 0 Å². The third kappa shape index (κ3) is 3.26. The summed E-state index contributed by atoms with van der Waals surface area (Å²) >= 11 is 1.43. The first-order valence-corrected chi connectivity index (χ1v) is 11.0. The third-order valence-corrected chi connectivity index (χ3v) is 6.66. The highest BCUT2D eigenvalue weighted by Gasteiger charge is 2.17. The molecule has 8 nitrogen and oxygen atoms in total. The van der Waals surface area contributed by atoms with E-state index in [9.17, 15) is 9.90 Å². The van der Waals surface area contributed by atoms with Crippen LogP contribution in [0.2, 0.25) is 0 Å². The van der Waals surface area contributed by atoms with Crippen molar-refractivity contribution in [3.63, 3.8) is 0 Å². The summed E-state index contributed by atoms with van der Waals surface area (Å²) in [6, 6.07) is 11.3. The van der Waals surface area contributed by atoms with Gasteiger partial charge in [-0.25, -0.2) is 4.98 Å². The van der Waals surface area contributed by atoms with E-state index in [1.54, 1.807) is 31.6 Å². The molecule has 6 heterocycles. The van der Waals surface area contributed by atoms with Crippen LogP contribution in [0.3, 0.4) is 0 Å². The van der Waals surface area contributed by atoms with Crippen molar-refractivity contribution in [3.05, 3.63) is 66.1 Å². The van der Waals surface area contributed by atoms with Crippen molar-refractivity contribution in [1.82, 2.24) is 30.1 Å². The van der Waals surface area contributed by atoms with Gasteiger partial charge in [0.25, 0.3) is 0 Å². The Morgan fingerprint density at radius 3 is 2.67 bits per heavy atom. The monoisotopic (exact) mass is 452 g/mol. The number of carbonyl (C=O) groups excluding carboxylic acids is 1. The minimum atomic E-state index is 0.0430. The Kier molecular flexibility index (Phi) is 4.30. The summed E-state index contributed by atoms with van der Waals surface area (Å²) in [4.78, 5) is 29.9. The lowest BCUT2D eigenvalue weighted by Gasteiger charge is -2.02. The fourth-order valence-corrected chi connectivity index (χ4v) is 4.80. The van der Waals surface area contributed by atoms with Crippen LogP contribution in [0.15, 0.2) is 61.2 Å². The Morgan fingerprint density at radius 1 is 0.970 bits per heavy atom. The van der Waals surface area contributed by atoms with Gasteiger partial charge in [0.15, 0.2) is 11.4 Å². The number of nitrogens with zero attached hydrogens (tertiary/aromatic N) is 4. The van der Waals surface area contributed by atoms with Gasteiger partial charge < -0.3 is 10.1 Å². The smallest absolute Gasteiger partial charge is 0.169 e. The molecule has 0 unspecified atom stereocenters. The van der Waals surface area contributed by atoms with Gasteiger partial charge in [0, 0.05) is 46.0 Å². The van der Waals surface area contributed by atoms with E-state index in [1.807, 2.05) is 30.3 Å². The summed E-state index contributed by atoms with van der Waals surface area (Å²) in [6.45, 7) is 1.57. The molecule has 9 heteroatoms. The van der Waals surface area contributed by atoms with Crippen molar-refractivity contribution in [2.75, 3.05) is 0 Å². The molecule has 0 fully saturated rings. The molecule has 0 atom stereocenters. The molecule has 3 N–H and O–H groups in total. The number of fused-ring (bicyclic) bond motifs is 2. The molecular formula is C24H16N6O2S. The summed E-state index contributed by atoms with van der Waals surface area (Å²) in [5.41, 5.74) is 5.53. The lowest BCUT2D eigenvalue weighted by molar-refractivity contribution is 0.102. The van der Waals surface area contributed by atoms with Gasteiger partial charge in [-0.15, -0.1) is 11.3 Å². The highest BCUT2D eigenvalue weighted by molar-refractivity contribution is 7.17. The highest BCUT2D eigenvalue weighted by atomic mass is 32.1. The first-order chi connectivity index (χ1) is 16.1. The van der Waals surface area contributed by atoms with E-state index in [4.69, 9.17) is 0 Å². The Bertz CT molecular complexity index is 1680. The summed E-state index contributed by atoms with van der Waals surface area (Å²) in [5, 5.41) is 19.1. The van der Waals surface area contributed by atoms with Crippen molar-refractivity contribution in [2.24, 2.45) is 0 Å². The van der Waals surface area contributed by atoms with Gasteiger partial charge in [-0.05, 0) is 43.3 Å². The Balaban J connectivity index is 1.48. The summed E-state index contributed by atoms with van der Waals surface area (Å²) in [7, 11) is 0. The Labute approximate surface area is 191 Å². The number of aromatic hydroxyl groups is 1. The fraction of sp³-hybridized carbons (Fsp3) is 0.0417. The quantitative estimate of drug-likeness (QED) is 0.316. The highest BCUT2D eigenvalue weighted by Crippen LogP contribution is 2.36. The van der Waals surface area contributed by atoms with E-state index in [0.717, 1.165) is 49.4 Å². The van der Waals surface area contributed by atoms with E-state index in [-0.39, 0.29) is 11.5 Å². The predicted octanol–water partition coefficient (Wildman–Crippen LogP) is 5.20. The van der Waals surface area contributed by atoms with E-state index < -0.39 is 0 Å². The molecule has 6 rings (SSSR count). The number of carbonyl (C=O) groups is 1. The van der Waals surface area contributed by atoms with Gasteiger partial charge >= 0.3 is 0 Å². The third-order valence-electron chi connectivity index (χ3n) is 5.46. The topological polar surface area (TPSA) is 120 Å². The largest absolute Gasteiger partial charge is 0.506 e. The average Bonchev–Trinajstić information content (AvgIpc) is 3.55. The Hall–Kier alpha value is -4.37. The van der Waals surface area contributed by atoms with Crippen LogP contribution in [0, 0.1) is 0 Å². The van der Waals surface area contributed by atoms with E-state index in [2.05, 4.69) is 30.1 Å². The number of hydrogen-bond acceptors (Lipinski definition) is 7. The van der Waals surface area contributed by atoms with E-state index in [0.29, 0.717) is 10.5 Å². The summed E-state index contributed by atoms with van der Waals surface area (Å²) in [6.07, 6.45) is 6.54. The van der Waals surface area contributed by atoms with Crippen molar-refractivity contribution < 1.29 is 9.90 Å². The number of rotatable bonds is 4. The molecule has 33 heavy (non-hydrogen) atoms. The van der Waals surface area contributed by atoms with E-state index in [1.165, 1.54) is 17.5 Å². The molecule has 6 aromatic heterocycles. The lowest BCUT2D eigenvalue weighted by Crippen LogP contribution is -1.84. The van der Waals surface area contributed by atoms with Crippen LogP contribution in [-0.4, -0.2) is 41.0 Å². The van der Waals surface area contributed by atoms with Crippen LogP contribution in [0.1, 0.15) is 16.6 Å². The maximum absolute atomic E-state index is 11.7. The standard InChI is InChI=1S/C24H16N6O2S/c1-12(31)20-2-3-21(33-20)23-16-8-19(28-18(16)4-5-26-23)22-17-7-14(10-27-24(17)30-29-22)13-6-15(32)11-25-9-13/h2-11,28,32H,1H3,(H,27,29,30). The zero-order valence-electron chi connectivity index (χ0n) is 17.3. The van der Waals surface area contributed by atoms with Gasteiger partial charge in [0.2, 0.25) is 0 Å². The number of aromatic nitrogens is 6. The molecule has 0 aliphatic carbocycles. The number of aromatic amines is 2. The first kappa shape index (κ1) is 19.3. The first-order valence-electron chi connectivity index (χ1n) is 10.1. The van der Waals surface area contributed by atoms with Gasteiger partial charge in [0.05, 0.1) is 27.3 Å². The molecule has 0 bridgehead atoms. The number of thiophene rings is 1. The van der Waals surface area contributed by atoms with Crippen LogP contribution in [0.25, 0.3) is 55.0 Å². The maximum Gasteiger partial charge on any atom is 0.169 e. The van der Waals surface area contributed by atoms with Crippen molar-refractivity contribution >= 4 is 39.1 Å². The number of nitrogens with one attached hydrogen (secondary N) is 2. The number of hydrogen-bond donors (Lipinski definition) is 3. The van der Waals surface area contributed by atoms with Crippen LogP contribution in [-0.2, 0) is 0 Å². The molecule has 160 valence electrons. The minimum Gasteiger partial charge on any atom is -0.506 e. The van der Waals surface area contributed by atoms with E-state index >= 15 is 0 Å². The average molecular weight is 452 g/mol. The summed E-state index contributed by atoms with van der Waals surface area (Å²) in [5.74, 6) is 0.138. The second-order valence-corrected chi connectivity index (χ2v) is 8.73. The molecule has 0 aliphatic rings. The number of Topliss-reactive ketones (excluding diaryl/α,β-unsaturated/α-hetero) is 1. The van der Waals surface area contributed by atoms with Crippen molar-refractivity contribution in [1.29, 1.82) is 0 Å². The second kappa shape index (κ2) is 7.35. The van der Waals surface area contributed by atoms with Gasteiger partial charge in [-0.1, -0.05) is 0 Å². The zero-order valence-corrected chi connectivity index (χ0v) is 18.1. The van der Waals surface area contributed by atoms with Gasteiger partial charge in [-0.2, -0.15) is 5.10 Å².